The van der Waals surface area contributed by atoms with E-state index in [1.165, 1.54) is 0 Å². The van der Waals surface area contributed by atoms with Gasteiger partial charge in [-0.3, -0.25) is 15.6 Å². The van der Waals surface area contributed by atoms with Gasteiger partial charge in [-0.05, 0) is 20.8 Å². The molecule has 0 heterocycles. The van der Waals surface area contributed by atoms with Crippen LogP contribution in [0.5, 0.6) is 0 Å². The van der Waals surface area contributed by atoms with E-state index in [0.29, 0.717) is 0 Å². The van der Waals surface area contributed by atoms with Crippen LogP contribution in [0.25, 0.3) is 0 Å². The second-order valence-electron chi connectivity index (χ2n) is 2.09. The van der Waals surface area contributed by atoms with Crippen LogP contribution in [0.1, 0.15) is 20.8 Å². The number of rotatable bonds is 3. The first-order valence-electron chi connectivity index (χ1n) is 3.87. The van der Waals surface area contributed by atoms with Crippen molar-refractivity contribution in [3.05, 3.63) is 0 Å². The van der Waals surface area contributed by atoms with Crippen molar-refractivity contribution in [2.24, 2.45) is 5.73 Å². The van der Waals surface area contributed by atoms with Gasteiger partial charge in [-0.15, -0.1) is 0 Å². The van der Waals surface area contributed by atoms with Gasteiger partial charge >= 0.3 is 5.96 Å². The average Bonchev–Trinajstić information content (AvgIpc) is 1.91. The maximum atomic E-state index is 5.68. The fourth-order valence-electron chi connectivity index (χ4n) is 0.857. The zero-order chi connectivity index (χ0) is 7.98. The summed E-state index contributed by atoms with van der Waals surface area (Å²) in [6.07, 6.45) is 0. The average molecular weight is 144 g/mol. The van der Waals surface area contributed by atoms with Gasteiger partial charge in [0, 0.05) is 0 Å². The van der Waals surface area contributed by atoms with Gasteiger partial charge in [0.05, 0.1) is 19.6 Å². The largest absolute Gasteiger partial charge is 0.343 e. The van der Waals surface area contributed by atoms with Crippen LogP contribution in [0.4, 0.5) is 0 Å². The molecule has 0 fully saturated rings. The maximum Gasteiger partial charge on any atom is 0.343 e. The van der Waals surface area contributed by atoms with Crippen molar-refractivity contribution in [3.8, 4) is 0 Å². The molecule has 0 radical (unpaired) electrons. The van der Waals surface area contributed by atoms with Gasteiger partial charge in [0.15, 0.2) is 0 Å². The molecule has 0 aromatic carbocycles. The van der Waals surface area contributed by atoms with E-state index in [9.17, 15) is 0 Å². The zero-order valence-electron chi connectivity index (χ0n) is 7.15. The molecule has 0 atom stereocenters. The number of nitrogens with zero attached hydrogens (tertiary/aromatic N) is 1. The molecule has 3 N–H and O–H groups in total. The molecule has 3 nitrogen and oxygen atoms in total. The van der Waals surface area contributed by atoms with Crippen molar-refractivity contribution < 1.29 is 4.58 Å². The van der Waals surface area contributed by atoms with Crippen molar-refractivity contribution in [3.63, 3.8) is 0 Å². The van der Waals surface area contributed by atoms with Gasteiger partial charge in [0.1, 0.15) is 0 Å². The first-order chi connectivity index (χ1) is 4.76. The molecule has 60 valence electrons. The van der Waals surface area contributed by atoms with Crippen molar-refractivity contribution in [2.75, 3.05) is 19.6 Å². The summed E-state index contributed by atoms with van der Waals surface area (Å²) < 4.78 is 2.09. The minimum atomic E-state index is 0.785. The Bertz CT molecular complexity index is 112. The topological polar surface area (TPSA) is 41.1 Å². The van der Waals surface area contributed by atoms with Crippen LogP contribution in [0.3, 0.4) is 0 Å². The number of guanidine groups is 1. The Morgan fingerprint density at radius 2 is 1.80 bits per heavy atom. The highest BCUT2D eigenvalue weighted by atomic mass is 15.2. The minimum Gasteiger partial charge on any atom is -0.291 e. The van der Waals surface area contributed by atoms with Gasteiger partial charge in [0.25, 0.3) is 0 Å². The highest BCUT2D eigenvalue weighted by Crippen LogP contribution is 1.72. The lowest BCUT2D eigenvalue weighted by Gasteiger charge is -2.04. The van der Waals surface area contributed by atoms with E-state index in [1.54, 1.807) is 0 Å². The summed E-state index contributed by atoms with van der Waals surface area (Å²) in [5.74, 6) is 0.785. The third-order valence-corrected chi connectivity index (χ3v) is 1.46. The van der Waals surface area contributed by atoms with Crippen LogP contribution in [-0.4, -0.2) is 30.2 Å². The normalized spacial score (nSPS) is 9.10. The Kier molecular flexibility index (Phi) is 4.72. The molecule has 0 aliphatic heterocycles. The van der Waals surface area contributed by atoms with Crippen LogP contribution >= 0.6 is 0 Å². The van der Waals surface area contributed by atoms with Gasteiger partial charge in [0.2, 0.25) is 0 Å². The SMILES string of the molecule is CCNC(N)=[N+](CC)CC. The van der Waals surface area contributed by atoms with Crippen LogP contribution in [-0.2, 0) is 0 Å². The van der Waals surface area contributed by atoms with Gasteiger partial charge in [-0.1, -0.05) is 0 Å². The van der Waals surface area contributed by atoms with E-state index in [0.717, 1.165) is 25.6 Å². The fourth-order valence-corrected chi connectivity index (χ4v) is 0.857. The Labute approximate surface area is 62.9 Å². The van der Waals surface area contributed by atoms with Crippen molar-refractivity contribution in [1.82, 2.24) is 5.32 Å². The molecule has 0 aromatic rings. The molecule has 0 amide bonds. The zero-order valence-corrected chi connectivity index (χ0v) is 7.15. The molecule has 3 heteroatoms. The maximum absolute atomic E-state index is 5.68. The minimum absolute atomic E-state index is 0.785. The van der Waals surface area contributed by atoms with Crippen LogP contribution < -0.4 is 11.1 Å². The van der Waals surface area contributed by atoms with Crippen LogP contribution in [0.2, 0.25) is 0 Å². The van der Waals surface area contributed by atoms with E-state index < -0.39 is 0 Å². The second kappa shape index (κ2) is 5.09. The van der Waals surface area contributed by atoms with Gasteiger partial charge in [-0.2, -0.15) is 0 Å². The summed E-state index contributed by atoms with van der Waals surface area (Å²) in [5.41, 5.74) is 5.68. The summed E-state index contributed by atoms with van der Waals surface area (Å²) in [4.78, 5) is 0. The van der Waals surface area contributed by atoms with E-state index in [-0.39, 0.29) is 0 Å². The number of nitrogens with one attached hydrogen (secondary N) is 1. The fraction of sp³-hybridized carbons (Fsp3) is 0.857. The Morgan fingerprint density at radius 1 is 1.30 bits per heavy atom. The van der Waals surface area contributed by atoms with Gasteiger partial charge < -0.3 is 0 Å². The van der Waals surface area contributed by atoms with Crippen molar-refractivity contribution >= 4 is 5.96 Å². The third-order valence-electron chi connectivity index (χ3n) is 1.46. The number of nitrogens with two attached hydrogens (primary N) is 1. The van der Waals surface area contributed by atoms with Crippen molar-refractivity contribution in [1.29, 1.82) is 0 Å². The predicted molar refractivity (Wildman–Crippen MR) is 44.2 cm³/mol. The van der Waals surface area contributed by atoms with E-state index in [1.807, 2.05) is 6.92 Å². The molecule has 0 aliphatic rings. The first-order valence-corrected chi connectivity index (χ1v) is 3.87. The van der Waals surface area contributed by atoms with E-state index >= 15 is 0 Å². The molecular weight excluding hydrogens is 126 g/mol. The Balaban J connectivity index is 3.98. The van der Waals surface area contributed by atoms with E-state index in [2.05, 4.69) is 23.7 Å². The molecule has 0 saturated carbocycles. The highest BCUT2D eigenvalue weighted by Gasteiger charge is 2.00. The monoisotopic (exact) mass is 144 g/mol. The Hall–Kier alpha value is -0.730. The molecule has 0 rings (SSSR count). The second-order valence-corrected chi connectivity index (χ2v) is 2.09. The molecule has 0 aliphatic carbocycles. The highest BCUT2D eigenvalue weighted by molar-refractivity contribution is 5.72. The lowest BCUT2D eigenvalue weighted by atomic mass is 10.6. The summed E-state index contributed by atoms with van der Waals surface area (Å²) in [5, 5.41) is 3.07. The Morgan fingerprint density at radius 3 is 2.10 bits per heavy atom. The smallest absolute Gasteiger partial charge is 0.291 e. The third kappa shape index (κ3) is 2.71. The lowest BCUT2D eigenvalue weighted by Crippen LogP contribution is -2.40. The van der Waals surface area contributed by atoms with Crippen LogP contribution in [0, 0.1) is 0 Å². The standard InChI is InChI=1S/C7H17N3/c1-4-9-7(8)10(5-2)6-3/h4-6H2,1-3H3,(H2,8,9)/p+1. The van der Waals surface area contributed by atoms with Gasteiger partial charge in [-0.25, -0.2) is 0 Å². The first kappa shape index (κ1) is 9.27. The number of hydrogen-bond donors (Lipinski definition) is 2. The van der Waals surface area contributed by atoms with E-state index in [4.69, 9.17) is 5.73 Å². The molecule has 0 aromatic heterocycles. The van der Waals surface area contributed by atoms with Crippen LogP contribution in [0.15, 0.2) is 0 Å². The molecule has 0 spiro atoms. The summed E-state index contributed by atoms with van der Waals surface area (Å²) in [6, 6.07) is 0. The molecule has 0 unspecified atom stereocenters. The molecule has 0 saturated heterocycles. The molecule has 0 bridgehead atoms. The summed E-state index contributed by atoms with van der Waals surface area (Å²) in [7, 11) is 0. The molecular formula is C7H18N3+. The lowest BCUT2D eigenvalue weighted by molar-refractivity contribution is -0.523. The number of hydrogen-bond acceptors (Lipinski definition) is 0. The summed E-state index contributed by atoms with van der Waals surface area (Å²) in [6.45, 7) is 9.05. The summed E-state index contributed by atoms with van der Waals surface area (Å²) >= 11 is 0. The molecule has 10 heavy (non-hydrogen) atoms. The predicted octanol–water partition coefficient (Wildman–Crippen LogP) is -0.0371. The quantitative estimate of drug-likeness (QED) is 0.331. The van der Waals surface area contributed by atoms with Crippen molar-refractivity contribution in [2.45, 2.75) is 20.8 Å².